The summed E-state index contributed by atoms with van der Waals surface area (Å²) in [7, 11) is 0. The third-order valence-electron chi connectivity index (χ3n) is 2.46. The highest BCUT2D eigenvalue weighted by molar-refractivity contribution is 6.04. The summed E-state index contributed by atoms with van der Waals surface area (Å²) in [5.41, 5.74) is 4.72. The van der Waals surface area contributed by atoms with Crippen LogP contribution in [0.4, 0.5) is 0 Å². The van der Waals surface area contributed by atoms with Gasteiger partial charge in [0.25, 0.3) is 5.91 Å². The molecule has 3 N–H and O–H groups in total. The van der Waals surface area contributed by atoms with E-state index in [-0.39, 0.29) is 30.3 Å². The maximum absolute atomic E-state index is 12.3. The summed E-state index contributed by atoms with van der Waals surface area (Å²) in [5, 5.41) is 9.06. The zero-order valence-corrected chi connectivity index (χ0v) is 11.4. The van der Waals surface area contributed by atoms with Crippen LogP contribution in [0.25, 0.3) is 0 Å². The Hall–Kier alpha value is -2.44. The fraction of sp³-hybridized carbons (Fsp3) is 0.385. The molecular formula is C13H17N3O4. The second kappa shape index (κ2) is 6.65. The van der Waals surface area contributed by atoms with Crippen molar-refractivity contribution in [3.8, 4) is 0 Å². The van der Waals surface area contributed by atoms with E-state index in [0.717, 1.165) is 0 Å². The van der Waals surface area contributed by atoms with Crippen LogP contribution in [-0.2, 0) is 4.79 Å². The molecule has 20 heavy (non-hydrogen) atoms. The number of hydrogen-bond donors (Lipinski definition) is 2. The fourth-order valence-corrected chi connectivity index (χ4v) is 1.75. The van der Waals surface area contributed by atoms with Gasteiger partial charge in [-0.1, -0.05) is 13.8 Å². The molecule has 0 aliphatic carbocycles. The Morgan fingerprint density at radius 3 is 2.55 bits per heavy atom. The van der Waals surface area contributed by atoms with Crippen molar-refractivity contribution in [1.82, 2.24) is 9.88 Å². The van der Waals surface area contributed by atoms with Gasteiger partial charge in [0.2, 0.25) is 5.91 Å². The van der Waals surface area contributed by atoms with Gasteiger partial charge in [-0.3, -0.25) is 14.6 Å². The van der Waals surface area contributed by atoms with Crippen LogP contribution in [0.3, 0.4) is 0 Å². The second-order valence-corrected chi connectivity index (χ2v) is 4.75. The number of carboxylic acid groups (broad SMARTS) is 1. The predicted octanol–water partition coefficient (Wildman–Crippen LogP) is 0.363. The number of aromatic nitrogens is 1. The van der Waals surface area contributed by atoms with Gasteiger partial charge in [-0.05, 0) is 18.1 Å². The van der Waals surface area contributed by atoms with Crippen LogP contribution >= 0.6 is 0 Å². The molecule has 7 nitrogen and oxygen atoms in total. The first kappa shape index (κ1) is 15.6. The van der Waals surface area contributed by atoms with Gasteiger partial charge in [-0.2, -0.15) is 0 Å². The maximum atomic E-state index is 12.3. The number of amides is 2. The third kappa shape index (κ3) is 4.04. The summed E-state index contributed by atoms with van der Waals surface area (Å²) in [6, 6.07) is 2.72. The number of pyridine rings is 1. The Balaban J connectivity index is 3.11. The topological polar surface area (TPSA) is 114 Å². The van der Waals surface area contributed by atoms with Crippen LogP contribution in [-0.4, -0.2) is 45.9 Å². The largest absolute Gasteiger partial charge is 0.478 e. The molecule has 2 amide bonds. The maximum Gasteiger partial charge on any atom is 0.338 e. The van der Waals surface area contributed by atoms with Crippen LogP contribution in [0.1, 0.15) is 34.7 Å². The normalized spacial score (nSPS) is 10.3. The molecule has 1 aromatic rings. The zero-order valence-electron chi connectivity index (χ0n) is 11.4. The minimum atomic E-state index is -1.25. The minimum Gasteiger partial charge on any atom is -0.478 e. The third-order valence-corrected chi connectivity index (χ3v) is 2.46. The minimum absolute atomic E-state index is 0.107. The quantitative estimate of drug-likeness (QED) is 0.780. The first-order valence-corrected chi connectivity index (χ1v) is 6.08. The Bertz CT molecular complexity index is 528. The number of carbonyl (C=O) groups excluding carboxylic acids is 2. The SMILES string of the molecule is CC(C)CN(CC(N)=O)C(=O)c1ncccc1C(=O)O. The van der Waals surface area contributed by atoms with Crippen molar-refractivity contribution < 1.29 is 19.5 Å². The first-order chi connectivity index (χ1) is 9.32. The van der Waals surface area contributed by atoms with E-state index >= 15 is 0 Å². The van der Waals surface area contributed by atoms with E-state index < -0.39 is 17.8 Å². The average molecular weight is 279 g/mol. The van der Waals surface area contributed by atoms with Crippen LogP contribution < -0.4 is 5.73 Å². The number of carboxylic acids is 1. The van der Waals surface area contributed by atoms with Crippen molar-refractivity contribution in [3.05, 3.63) is 29.6 Å². The van der Waals surface area contributed by atoms with Crippen molar-refractivity contribution in [2.75, 3.05) is 13.1 Å². The van der Waals surface area contributed by atoms with Crippen LogP contribution in [0.5, 0.6) is 0 Å². The summed E-state index contributed by atoms with van der Waals surface area (Å²) in [5.74, 6) is -2.41. The van der Waals surface area contributed by atoms with E-state index in [0.29, 0.717) is 0 Å². The number of carbonyl (C=O) groups is 3. The van der Waals surface area contributed by atoms with Crippen molar-refractivity contribution in [2.45, 2.75) is 13.8 Å². The highest BCUT2D eigenvalue weighted by atomic mass is 16.4. The molecule has 0 spiro atoms. The summed E-state index contributed by atoms with van der Waals surface area (Å²) in [6.45, 7) is 3.76. The van der Waals surface area contributed by atoms with Crippen LogP contribution in [0.2, 0.25) is 0 Å². The first-order valence-electron chi connectivity index (χ1n) is 6.08. The van der Waals surface area contributed by atoms with Gasteiger partial charge < -0.3 is 15.7 Å². The molecule has 0 aliphatic rings. The molecule has 0 bridgehead atoms. The smallest absolute Gasteiger partial charge is 0.338 e. The van der Waals surface area contributed by atoms with Gasteiger partial charge in [0.15, 0.2) is 0 Å². The van der Waals surface area contributed by atoms with E-state index in [1.54, 1.807) is 0 Å². The molecule has 0 aromatic carbocycles. The summed E-state index contributed by atoms with van der Waals surface area (Å²) in [4.78, 5) is 39.5. The van der Waals surface area contributed by atoms with Gasteiger partial charge in [-0.15, -0.1) is 0 Å². The molecule has 0 atom stereocenters. The van der Waals surface area contributed by atoms with Crippen molar-refractivity contribution in [3.63, 3.8) is 0 Å². The number of primary amides is 1. The van der Waals surface area contributed by atoms with Gasteiger partial charge in [0, 0.05) is 12.7 Å². The highest BCUT2D eigenvalue weighted by Crippen LogP contribution is 2.10. The number of nitrogens with two attached hydrogens (primary N) is 1. The van der Waals surface area contributed by atoms with E-state index in [9.17, 15) is 14.4 Å². The molecular weight excluding hydrogens is 262 g/mol. The fourth-order valence-electron chi connectivity index (χ4n) is 1.75. The summed E-state index contributed by atoms with van der Waals surface area (Å²) in [6.07, 6.45) is 1.33. The van der Waals surface area contributed by atoms with Crippen LogP contribution in [0, 0.1) is 5.92 Å². The molecule has 108 valence electrons. The van der Waals surface area contributed by atoms with Crippen molar-refractivity contribution >= 4 is 17.8 Å². The predicted molar refractivity (Wildman–Crippen MR) is 71.1 cm³/mol. The number of nitrogens with zero attached hydrogens (tertiary/aromatic N) is 2. The lowest BCUT2D eigenvalue weighted by Gasteiger charge is -2.23. The van der Waals surface area contributed by atoms with Crippen molar-refractivity contribution in [2.24, 2.45) is 11.7 Å². The average Bonchev–Trinajstić information content (AvgIpc) is 2.36. The number of rotatable bonds is 6. The Morgan fingerprint density at radius 2 is 2.05 bits per heavy atom. The molecule has 0 fully saturated rings. The lowest BCUT2D eigenvalue weighted by atomic mass is 10.1. The van der Waals surface area contributed by atoms with Crippen molar-refractivity contribution in [1.29, 1.82) is 0 Å². The molecule has 1 rings (SSSR count). The molecule has 1 aromatic heterocycles. The number of hydrogen-bond acceptors (Lipinski definition) is 4. The van der Waals surface area contributed by atoms with Gasteiger partial charge >= 0.3 is 5.97 Å². The summed E-state index contributed by atoms with van der Waals surface area (Å²) < 4.78 is 0. The Labute approximate surface area is 116 Å². The van der Waals surface area contributed by atoms with E-state index in [1.807, 2.05) is 13.8 Å². The molecule has 0 saturated heterocycles. The molecule has 0 radical (unpaired) electrons. The van der Waals surface area contributed by atoms with E-state index in [2.05, 4.69) is 4.98 Å². The van der Waals surface area contributed by atoms with Crippen LogP contribution in [0.15, 0.2) is 18.3 Å². The zero-order chi connectivity index (χ0) is 15.3. The van der Waals surface area contributed by atoms with Gasteiger partial charge in [0.1, 0.15) is 5.69 Å². The Kier molecular flexibility index (Phi) is 5.19. The Morgan fingerprint density at radius 1 is 1.40 bits per heavy atom. The monoisotopic (exact) mass is 279 g/mol. The molecule has 0 unspecified atom stereocenters. The van der Waals surface area contributed by atoms with Gasteiger partial charge in [0.05, 0.1) is 12.1 Å². The van der Waals surface area contributed by atoms with E-state index in [4.69, 9.17) is 10.8 Å². The molecule has 0 aliphatic heterocycles. The number of aromatic carboxylic acids is 1. The second-order valence-electron chi connectivity index (χ2n) is 4.75. The van der Waals surface area contributed by atoms with Gasteiger partial charge in [-0.25, -0.2) is 4.79 Å². The molecule has 0 saturated carbocycles. The summed E-state index contributed by atoms with van der Waals surface area (Å²) >= 11 is 0. The standard InChI is InChI=1S/C13H17N3O4/c1-8(2)6-16(7-10(14)17)12(18)11-9(13(19)20)4-3-5-15-11/h3-5,8H,6-7H2,1-2H3,(H2,14,17)(H,19,20). The lowest BCUT2D eigenvalue weighted by Crippen LogP contribution is -2.41. The van der Waals surface area contributed by atoms with E-state index in [1.165, 1.54) is 23.2 Å². The molecule has 7 heteroatoms. The highest BCUT2D eigenvalue weighted by Gasteiger charge is 2.24. The molecule has 1 heterocycles. The lowest BCUT2D eigenvalue weighted by molar-refractivity contribution is -0.118.